The zero-order valence-corrected chi connectivity index (χ0v) is 10.3. The zero-order chi connectivity index (χ0) is 10.9. The molecule has 1 atom stereocenters. The Bertz CT molecular complexity index is 203. The Morgan fingerprint density at radius 2 is 1.87 bits per heavy atom. The van der Waals surface area contributed by atoms with Crippen LogP contribution in [0.1, 0.15) is 58.3 Å². The number of nitrogens with one attached hydrogen (secondary N) is 1. The van der Waals surface area contributed by atoms with Crippen molar-refractivity contribution in [1.29, 1.82) is 0 Å². The molecular weight excluding hydrogens is 182 g/mol. The van der Waals surface area contributed by atoms with Gasteiger partial charge in [0.1, 0.15) is 0 Å². The van der Waals surface area contributed by atoms with E-state index < -0.39 is 0 Å². The third-order valence-corrected chi connectivity index (χ3v) is 3.60. The van der Waals surface area contributed by atoms with E-state index in [0.29, 0.717) is 6.04 Å². The van der Waals surface area contributed by atoms with E-state index in [-0.39, 0.29) is 0 Å². The van der Waals surface area contributed by atoms with Crippen LogP contribution in [0.4, 0.5) is 0 Å². The molecule has 1 heteroatoms. The maximum absolute atomic E-state index is 3.49. The lowest BCUT2D eigenvalue weighted by Crippen LogP contribution is -2.33. The van der Waals surface area contributed by atoms with E-state index in [1.165, 1.54) is 44.9 Å². The van der Waals surface area contributed by atoms with Crippen LogP contribution in [0, 0.1) is 17.8 Å². The summed E-state index contributed by atoms with van der Waals surface area (Å²) >= 11 is 0. The lowest BCUT2D eigenvalue weighted by Gasteiger charge is -2.25. The van der Waals surface area contributed by atoms with Crippen molar-refractivity contribution in [1.82, 2.24) is 5.32 Å². The van der Waals surface area contributed by atoms with Crippen LogP contribution in [0.3, 0.4) is 0 Å². The zero-order valence-electron chi connectivity index (χ0n) is 10.3. The largest absolute Gasteiger partial charge is 0.317 e. The van der Waals surface area contributed by atoms with Crippen LogP contribution in [0.5, 0.6) is 0 Å². The van der Waals surface area contributed by atoms with Crippen LogP contribution in [0.15, 0.2) is 0 Å². The van der Waals surface area contributed by atoms with Gasteiger partial charge in [-0.1, -0.05) is 25.7 Å². The van der Waals surface area contributed by atoms with E-state index in [1.54, 1.807) is 0 Å². The fourth-order valence-electron chi connectivity index (χ4n) is 2.68. The molecule has 1 rings (SSSR count). The van der Waals surface area contributed by atoms with Crippen LogP contribution in [0.2, 0.25) is 0 Å². The van der Waals surface area contributed by atoms with Gasteiger partial charge in [-0.15, -0.1) is 11.8 Å². The minimum Gasteiger partial charge on any atom is -0.317 e. The van der Waals surface area contributed by atoms with Crippen molar-refractivity contribution >= 4 is 0 Å². The predicted molar refractivity (Wildman–Crippen MR) is 66.7 cm³/mol. The molecule has 1 aliphatic rings. The summed E-state index contributed by atoms with van der Waals surface area (Å²) < 4.78 is 0. The van der Waals surface area contributed by atoms with Crippen molar-refractivity contribution in [2.45, 2.75) is 64.3 Å². The molecule has 1 fully saturated rings. The molecule has 0 bridgehead atoms. The highest BCUT2D eigenvalue weighted by Gasteiger charge is 2.20. The summed E-state index contributed by atoms with van der Waals surface area (Å²) in [5.41, 5.74) is 0. The van der Waals surface area contributed by atoms with Gasteiger partial charge in [0.15, 0.2) is 0 Å². The standard InChI is InChI=1S/C14H25N/c1-3-4-7-12-14(15-2)13-10-8-5-6-9-11-13/h13-15H,5-12H2,1-2H3. The maximum atomic E-state index is 3.49. The van der Waals surface area contributed by atoms with Crippen molar-refractivity contribution in [2.24, 2.45) is 5.92 Å². The van der Waals surface area contributed by atoms with E-state index in [2.05, 4.69) is 24.2 Å². The van der Waals surface area contributed by atoms with E-state index >= 15 is 0 Å². The summed E-state index contributed by atoms with van der Waals surface area (Å²) in [4.78, 5) is 0. The van der Waals surface area contributed by atoms with Crippen molar-refractivity contribution < 1.29 is 0 Å². The van der Waals surface area contributed by atoms with Gasteiger partial charge in [-0.05, 0) is 39.2 Å². The van der Waals surface area contributed by atoms with E-state index in [9.17, 15) is 0 Å². The third kappa shape index (κ3) is 4.71. The Morgan fingerprint density at radius 1 is 1.20 bits per heavy atom. The summed E-state index contributed by atoms with van der Waals surface area (Å²) in [5, 5.41) is 3.49. The van der Waals surface area contributed by atoms with Gasteiger partial charge < -0.3 is 5.32 Å². The second-order valence-corrected chi connectivity index (χ2v) is 4.61. The van der Waals surface area contributed by atoms with Crippen molar-refractivity contribution in [3.63, 3.8) is 0 Å². The summed E-state index contributed by atoms with van der Waals surface area (Å²) in [5.74, 6) is 7.06. The van der Waals surface area contributed by atoms with Gasteiger partial charge in [-0.2, -0.15) is 0 Å². The molecule has 0 aromatic carbocycles. The van der Waals surface area contributed by atoms with Crippen LogP contribution in [-0.4, -0.2) is 13.1 Å². The molecule has 1 unspecified atom stereocenters. The van der Waals surface area contributed by atoms with Gasteiger partial charge in [0.25, 0.3) is 0 Å². The minimum absolute atomic E-state index is 0.698. The molecule has 0 spiro atoms. The predicted octanol–water partition coefficient (Wildman–Crippen LogP) is 3.35. The molecule has 1 nitrogen and oxygen atoms in total. The van der Waals surface area contributed by atoms with Gasteiger partial charge in [0, 0.05) is 12.5 Å². The Balaban J connectivity index is 2.35. The summed E-state index contributed by atoms with van der Waals surface area (Å²) in [6.07, 6.45) is 10.9. The SMILES string of the molecule is CC#CCCC(NC)C1CCCCCC1. The highest BCUT2D eigenvalue weighted by atomic mass is 14.9. The van der Waals surface area contributed by atoms with Crippen LogP contribution in [-0.2, 0) is 0 Å². The van der Waals surface area contributed by atoms with Gasteiger partial charge in [0.05, 0.1) is 0 Å². The second kappa shape index (κ2) is 7.77. The summed E-state index contributed by atoms with van der Waals surface area (Å²) in [6, 6.07) is 0.698. The van der Waals surface area contributed by atoms with Crippen molar-refractivity contribution in [3.8, 4) is 11.8 Å². The smallest absolute Gasteiger partial charge is 0.0103 e. The molecule has 15 heavy (non-hydrogen) atoms. The molecule has 0 saturated heterocycles. The molecule has 1 saturated carbocycles. The first-order valence-corrected chi connectivity index (χ1v) is 6.45. The van der Waals surface area contributed by atoms with Crippen LogP contribution >= 0.6 is 0 Å². The summed E-state index contributed by atoms with van der Waals surface area (Å²) in [7, 11) is 2.11. The maximum Gasteiger partial charge on any atom is 0.0103 e. The van der Waals surface area contributed by atoms with E-state index in [4.69, 9.17) is 0 Å². The minimum atomic E-state index is 0.698. The quantitative estimate of drug-likeness (QED) is 0.550. The van der Waals surface area contributed by atoms with Gasteiger partial charge in [-0.25, -0.2) is 0 Å². The fourth-order valence-corrected chi connectivity index (χ4v) is 2.68. The number of rotatable bonds is 4. The van der Waals surface area contributed by atoms with Crippen LogP contribution in [0.25, 0.3) is 0 Å². The molecular formula is C14H25N. The van der Waals surface area contributed by atoms with Gasteiger partial charge in [0.2, 0.25) is 0 Å². The average molecular weight is 207 g/mol. The Kier molecular flexibility index (Phi) is 6.52. The molecule has 0 aromatic heterocycles. The topological polar surface area (TPSA) is 12.0 Å². The first kappa shape index (κ1) is 12.6. The normalized spacial score (nSPS) is 20.1. The lowest BCUT2D eigenvalue weighted by molar-refractivity contribution is 0.321. The monoisotopic (exact) mass is 207 g/mol. The highest BCUT2D eigenvalue weighted by Crippen LogP contribution is 2.27. The first-order valence-electron chi connectivity index (χ1n) is 6.45. The molecule has 0 heterocycles. The third-order valence-electron chi connectivity index (χ3n) is 3.60. The Morgan fingerprint density at radius 3 is 2.40 bits per heavy atom. The molecule has 0 amide bonds. The molecule has 86 valence electrons. The van der Waals surface area contributed by atoms with Crippen LogP contribution < -0.4 is 5.32 Å². The molecule has 1 N–H and O–H groups in total. The van der Waals surface area contributed by atoms with Crippen molar-refractivity contribution in [2.75, 3.05) is 7.05 Å². The fraction of sp³-hybridized carbons (Fsp3) is 0.857. The van der Waals surface area contributed by atoms with Crippen molar-refractivity contribution in [3.05, 3.63) is 0 Å². The van der Waals surface area contributed by atoms with Gasteiger partial charge in [-0.3, -0.25) is 0 Å². The number of hydrogen-bond acceptors (Lipinski definition) is 1. The first-order chi connectivity index (χ1) is 7.38. The van der Waals surface area contributed by atoms with E-state index in [1.807, 2.05) is 6.92 Å². The Hall–Kier alpha value is -0.480. The van der Waals surface area contributed by atoms with E-state index in [0.717, 1.165) is 12.3 Å². The van der Waals surface area contributed by atoms with Gasteiger partial charge >= 0.3 is 0 Å². The highest BCUT2D eigenvalue weighted by molar-refractivity contribution is 4.96. The summed E-state index contributed by atoms with van der Waals surface area (Å²) in [6.45, 7) is 1.93. The average Bonchev–Trinajstić information content (AvgIpc) is 2.53. The second-order valence-electron chi connectivity index (χ2n) is 4.61. The molecule has 0 radical (unpaired) electrons. The molecule has 1 aliphatic carbocycles. The number of hydrogen-bond donors (Lipinski definition) is 1. The lowest BCUT2D eigenvalue weighted by atomic mass is 9.89. The Labute approximate surface area is 95.0 Å². The molecule has 0 aromatic rings. The molecule has 0 aliphatic heterocycles.